The summed E-state index contributed by atoms with van der Waals surface area (Å²) in [5.74, 6) is 0.554. The molecular weight excluding hydrogens is 424 g/mol. The zero-order valence-corrected chi connectivity index (χ0v) is 20.5. The van der Waals surface area contributed by atoms with Gasteiger partial charge in [-0.05, 0) is 74.4 Å². The van der Waals surface area contributed by atoms with E-state index < -0.39 is 0 Å². The Morgan fingerprint density at radius 1 is 1.09 bits per heavy atom. The van der Waals surface area contributed by atoms with Crippen molar-refractivity contribution in [3.63, 3.8) is 0 Å². The Hall–Kier alpha value is -3.59. The lowest BCUT2D eigenvalue weighted by Crippen LogP contribution is -2.20. The molecule has 0 radical (unpaired) electrons. The number of para-hydroxylation sites is 1. The fourth-order valence-electron chi connectivity index (χ4n) is 4.98. The van der Waals surface area contributed by atoms with Crippen LogP contribution in [0.5, 0.6) is 0 Å². The molecule has 0 aliphatic carbocycles. The van der Waals surface area contributed by atoms with Gasteiger partial charge in [-0.2, -0.15) is 5.26 Å². The largest absolute Gasteiger partial charge is 0.461 e. The van der Waals surface area contributed by atoms with Crippen LogP contribution in [0, 0.1) is 18.3 Å². The van der Waals surface area contributed by atoms with Gasteiger partial charge in [0.25, 0.3) is 0 Å². The molecule has 0 fully saturated rings. The van der Waals surface area contributed by atoms with Gasteiger partial charge in [0, 0.05) is 17.8 Å². The Kier molecular flexibility index (Phi) is 7.02. The Labute approximate surface area is 201 Å². The van der Waals surface area contributed by atoms with E-state index in [1.54, 1.807) is 0 Å². The van der Waals surface area contributed by atoms with E-state index in [-0.39, 0.29) is 12.5 Å². The van der Waals surface area contributed by atoms with Crippen LogP contribution in [0.15, 0.2) is 36.4 Å². The van der Waals surface area contributed by atoms with Crippen molar-refractivity contribution in [3.8, 4) is 11.8 Å². The Morgan fingerprint density at radius 2 is 1.85 bits per heavy atom. The quantitative estimate of drug-likeness (QED) is 0.340. The molecule has 0 spiro atoms. The Morgan fingerprint density at radius 3 is 2.56 bits per heavy atom. The molecule has 1 aliphatic rings. The summed E-state index contributed by atoms with van der Waals surface area (Å²) in [6.45, 7) is 8.68. The van der Waals surface area contributed by atoms with Crippen molar-refractivity contribution >= 4 is 17.3 Å². The minimum atomic E-state index is -0.331. The SMILES string of the molecule is CCCc1nc(CC)c(C(=O)OCC)n1-c1ccc2c(c1C)CCc1ccccc1N2CC#N. The van der Waals surface area contributed by atoms with E-state index in [9.17, 15) is 10.1 Å². The van der Waals surface area contributed by atoms with Crippen molar-refractivity contribution in [1.29, 1.82) is 5.26 Å². The third kappa shape index (κ3) is 4.07. The number of carbonyl (C=O) groups is 1. The summed E-state index contributed by atoms with van der Waals surface area (Å²) in [5.41, 5.74) is 7.95. The molecule has 4 rings (SSSR count). The number of imidazole rings is 1. The number of rotatable bonds is 7. The van der Waals surface area contributed by atoms with Gasteiger partial charge in [0.05, 0.1) is 24.1 Å². The lowest BCUT2D eigenvalue weighted by atomic mass is 9.98. The van der Waals surface area contributed by atoms with Gasteiger partial charge in [-0.15, -0.1) is 0 Å². The number of anilines is 2. The van der Waals surface area contributed by atoms with Gasteiger partial charge in [-0.1, -0.05) is 32.0 Å². The third-order valence-corrected chi connectivity index (χ3v) is 6.53. The van der Waals surface area contributed by atoms with Crippen LogP contribution in [-0.2, 0) is 30.4 Å². The number of nitrogens with zero attached hydrogens (tertiary/aromatic N) is 4. The molecule has 0 bridgehead atoms. The number of nitriles is 1. The normalized spacial score (nSPS) is 12.5. The molecule has 0 N–H and O–H groups in total. The summed E-state index contributed by atoms with van der Waals surface area (Å²) in [5, 5.41) is 9.58. The fourth-order valence-corrected chi connectivity index (χ4v) is 4.98. The van der Waals surface area contributed by atoms with Crippen molar-refractivity contribution in [1.82, 2.24) is 9.55 Å². The summed E-state index contributed by atoms with van der Waals surface area (Å²) in [6.07, 6.45) is 4.12. The van der Waals surface area contributed by atoms with Gasteiger partial charge in [-0.25, -0.2) is 9.78 Å². The topological polar surface area (TPSA) is 71.2 Å². The summed E-state index contributed by atoms with van der Waals surface area (Å²) in [6, 6.07) is 14.8. The molecule has 1 aliphatic heterocycles. The number of hydrogen-bond acceptors (Lipinski definition) is 5. The van der Waals surface area contributed by atoms with E-state index in [2.05, 4.69) is 55.1 Å². The minimum Gasteiger partial charge on any atom is -0.461 e. The zero-order chi connectivity index (χ0) is 24.2. The molecular formula is C28H32N4O2. The lowest BCUT2D eigenvalue weighted by molar-refractivity contribution is 0.0515. The summed E-state index contributed by atoms with van der Waals surface area (Å²) >= 11 is 0. The first-order chi connectivity index (χ1) is 16.5. The van der Waals surface area contributed by atoms with Crippen LogP contribution in [0.4, 0.5) is 11.4 Å². The number of fused-ring (bicyclic) bond motifs is 2. The van der Waals surface area contributed by atoms with Gasteiger partial charge < -0.3 is 9.64 Å². The van der Waals surface area contributed by atoms with Crippen molar-refractivity contribution in [2.24, 2.45) is 0 Å². The van der Waals surface area contributed by atoms with Gasteiger partial charge in [0.1, 0.15) is 12.4 Å². The first-order valence-electron chi connectivity index (χ1n) is 12.2. The summed E-state index contributed by atoms with van der Waals surface area (Å²) in [4.78, 5) is 20.0. The highest BCUT2D eigenvalue weighted by Crippen LogP contribution is 2.39. The molecule has 2 aromatic carbocycles. The standard InChI is InChI=1S/C28H32N4O2/c1-5-10-26-30-22(6-2)27(28(33)34-7-3)32(26)23-15-16-25-21(19(23)4)14-13-20-11-8-9-12-24(20)31(25)18-17-29/h8-9,11-12,15-16H,5-7,10,13-14,18H2,1-4H3. The first-order valence-corrected chi connectivity index (χ1v) is 12.2. The van der Waals surface area contributed by atoms with E-state index in [4.69, 9.17) is 9.72 Å². The molecule has 0 amide bonds. The van der Waals surface area contributed by atoms with Gasteiger partial charge in [0.2, 0.25) is 0 Å². The molecule has 0 saturated carbocycles. The maximum absolute atomic E-state index is 13.0. The van der Waals surface area contributed by atoms with Gasteiger partial charge in [-0.3, -0.25) is 4.57 Å². The number of aromatic nitrogens is 2. The second-order valence-corrected chi connectivity index (χ2v) is 8.56. The van der Waals surface area contributed by atoms with Crippen LogP contribution in [-0.4, -0.2) is 28.7 Å². The molecule has 6 heteroatoms. The second kappa shape index (κ2) is 10.1. The molecule has 2 heterocycles. The van der Waals surface area contributed by atoms with E-state index in [0.717, 1.165) is 59.8 Å². The summed E-state index contributed by atoms with van der Waals surface area (Å²) < 4.78 is 7.46. The van der Waals surface area contributed by atoms with Crippen molar-refractivity contribution in [3.05, 3.63) is 70.3 Å². The lowest BCUT2D eigenvalue weighted by Gasteiger charge is -2.26. The molecule has 0 saturated heterocycles. The highest BCUT2D eigenvalue weighted by atomic mass is 16.5. The number of ether oxygens (including phenoxy) is 1. The molecule has 176 valence electrons. The number of carbonyl (C=O) groups excluding carboxylic acids is 1. The average Bonchev–Trinajstić information content (AvgIpc) is 3.12. The van der Waals surface area contributed by atoms with E-state index in [1.165, 1.54) is 11.1 Å². The molecule has 34 heavy (non-hydrogen) atoms. The molecule has 1 aromatic heterocycles. The van der Waals surface area contributed by atoms with Crippen LogP contribution in [0.3, 0.4) is 0 Å². The first kappa shape index (κ1) is 23.6. The minimum absolute atomic E-state index is 0.281. The van der Waals surface area contributed by atoms with Crippen LogP contribution < -0.4 is 4.90 Å². The van der Waals surface area contributed by atoms with Crippen LogP contribution >= 0.6 is 0 Å². The maximum Gasteiger partial charge on any atom is 0.357 e. The predicted octanol–water partition coefficient (Wildman–Crippen LogP) is 5.63. The highest BCUT2D eigenvalue weighted by Gasteiger charge is 2.28. The zero-order valence-electron chi connectivity index (χ0n) is 20.5. The number of hydrogen-bond donors (Lipinski definition) is 0. The third-order valence-electron chi connectivity index (χ3n) is 6.53. The monoisotopic (exact) mass is 456 g/mol. The molecule has 3 aromatic rings. The van der Waals surface area contributed by atoms with Crippen LogP contribution in [0.2, 0.25) is 0 Å². The Balaban J connectivity index is 1.93. The molecule has 0 atom stereocenters. The highest BCUT2D eigenvalue weighted by molar-refractivity contribution is 5.90. The second-order valence-electron chi connectivity index (χ2n) is 8.56. The fraction of sp³-hybridized carbons (Fsp3) is 0.393. The van der Waals surface area contributed by atoms with Gasteiger partial charge >= 0.3 is 5.97 Å². The average molecular weight is 457 g/mol. The van der Waals surface area contributed by atoms with E-state index in [1.807, 2.05) is 24.5 Å². The van der Waals surface area contributed by atoms with Crippen LogP contribution in [0.25, 0.3) is 5.69 Å². The molecule has 0 unspecified atom stereocenters. The number of aryl methyl sites for hydroxylation is 3. The van der Waals surface area contributed by atoms with Crippen molar-refractivity contribution in [2.75, 3.05) is 18.1 Å². The number of esters is 1. The predicted molar refractivity (Wildman–Crippen MR) is 134 cm³/mol. The Bertz CT molecular complexity index is 1250. The summed E-state index contributed by atoms with van der Waals surface area (Å²) in [7, 11) is 0. The molecule has 6 nitrogen and oxygen atoms in total. The van der Waals surface area contributed by atoms with Crippen molar-refractivity contribution < 1.29 is 9.53 Å². The van der Waals surface area contributed by atoms with Crippen LogP contribution in [0.1, 0.15) is 65.9 Å². The van der Waals surface area contributed by atoms with E-state index in [0.29, 0.717) is 18.7 Å². The van der Waals surface area contributed by atoms with E-state index >= 15 is 0 Å². The maximum atomic E-state index is 13.0. The number of benzene rings is 2. The smallest absolute Gasteiger partial charge is 0.357 e. The van der Waals surface area contributed by atoms with Gasteiger partial charge in [0.15, 0.2) is 5.69 Å². The van der Waals surface area contributed by atoms with Crippen molar-refractivity contribution in [2.45, 2.75) is 59.8 Å².